The van der Waals surface area contributed by atoms with Crippen molar-refractivity contribution in [2.75, 3.05) is 12.3 Å². The molecule has 2 amide bonds. The number of rotatable bonds is 5. The molecule has 2 aromatic rings. The van der Waals surface area contributed by atoms with Gasteiger partial charge in [0.15, 0.2) is 0 Å². The van der Waals surface area contributed by atoms with Crippen LogP contribution in [0.1, 0.15) is 24.2 Å². The van der Waals surface area contributed by atoms with E-state index in [4.69, 9.17) is 5.73 Å². The lowest BCUT2D eigenvalue weighted by Crippen LogP contribution is -2.44. The number of nitrogen functional groups attached to an aromatic ring is 1. The standard InChI is InChI=1S/C16H19N5O2/c1-3-18-14(22)10(2)21-15(23)12-6-4-11(5-7-12)13-8-19-16(17)20-9-13/h4-10H,3H2,1-2H3,(H,18,22)(H,21,23)(H2,17,19,20)/t10-/m1/s1. The summed E-state index contributed by atoms with van der Waals surface area (Å²) in [4.78, 5) is 31.6. The maximum Gasteiger partial charge on any atom is 0.251 e. The number of nitrogens with two attached hydrogens (primary N) is 1. The Labute approximate surface area is 134 Å². The van der Waals surface area contributed by atoms with E-state index in [-0.39, 0.29) is 17.8 Å². The van der Waals surface area contributed by atoms with Crippen molar-refractivity contribution in [3.05, 3.63) is 42.2 Å². The molecule has 0 unspecified atom stereocenters. The molecule has 0 aliphatic heterocycles. The van der Waals surface area contributed by atoms with E-state index in [1.165, 1.54) is 0 Å². The molecular weight excluding hydrogens is 294 g/mol. The minimum absolute atomic E-state index is 0.212. The highest BCUT2D eigenvalue weighted by molar-refractivity contribution is 5.97. The van der Waals surface area contributed by atoms with Crippen LogP contribution in [-0.2, 0) is 4.79 Å². The van der Waals surface area contributed by atoms with Crippen LogP contribution in [0.4, 0.5) is 5.95 Å². The molecule has 1 aromatic carbocycles. The molecule has 1 atom stereocenters. The van der Waals surface area contributed by atoms with Crippen LogP contribution in [0.15, 0.2) is 36.7 Å². The lowest BCUT2D eigenvalue weighted by molar-refractivity contribution is -0.122. The third kappa shape index (κ3) is 4.26. The van der Waals surface area contributed by atoms with Gasteiger partial charge in [0.25, 0.3) is 5.91 Å². The lowest BCUT2D eigenvalue weighted by Gasteiger charge is -2.13. The molecule has 120 valence electrons. The molecule has 0 saturated carbocycles. The summed E-state index contributed by atoms with van der Waals surface area (Å²) in [5.74, 6) is -0.301. The average molecular weight is 313 g/mol. The van der Waals surface area contributed by atoms with Gasteiger partial charge in [-0.15, -0.1) is 0 Å². The Bertz CT molecular complexity index is 683. The van der Waals surface area contributed by atoms with E-state index >= 15 is 0 Å². The van der Waals surface area contributed by atoms with E-state index in [1.54, 1.807) is 43.6 Å². The number of aromatic nitrogens is 2. The fraction of sp³-hybridized carbons (Fsp3) is 0.250. The smallest absolute Gasteiger partial charge is 0.251 e. The van der Waals surface area contributed by atoms with Gasteiger partial charge in [0.05, 0.1) is 0 Å². The Kier molecular flexibility index (Phi) is 5.24. The minimum atomic E-state index is -0.590. The zero-order chi connectivity index (χ0) is 16.8. The van der Waals surface area contributed by atoms with E-state index < -0.39 is 6.04 Å². The number of benzene rings is 1. The Balaban J connectivity index is 2.05. The minimum Gasteiger partial charge on any atom is -0.368 e. The molecule has 4 N–H and O–H groups in total. The number of hydrogen-bond acceptors (Lipinski definition) is 5. The van der Waals surface area contributed by atoms with Gasteiger partial charge in [-0.3, -0.25) is 9.59 Å². The number of anilines is 1. The highest BCUT2D eigenvalue weighted by Crippen LogP contribution is 2.18. The monoisotopic (exact) mass is 313 g/mol. The molecule has 2 rings (SSSR count). The summed E-state index contributed by atoms with van der Waals surface area (Å²) in [6.45, 7) is 3.99. The van der Waals surface area contributed by atoms with Gasteiger partial charge < -0.3 is 16.4 Å². The van der Waals surface area contributed by atoms with Crippen LogP contribution in [0.5, 0.6) is 0 Å². The summed E-state index contributed by atoms with van der Waals surface area (Å²) >= 11 is 0. The molecule has 0 saturated heterocycles. The van der Waals surface area contributed by atoms with E-state index in [0.29, 0.717) is 12.1 Å². The summed E-state index contributed by atoms with van der Waals surface area (Å²) in [7, 11) is 0. The van der Waals surface area contributed by atoms with Crippen LogP contribution < -0.4 is 16.4 Å². The molecule has 7 nitrogen and oxygen atoms in total. The van der Waals surface area contributed by atoms with Crippen LogP contribution >= 0.6 is 0 Å². The quantitative estimate of drug-likeness (QED) is 0.762. The number of carbonyl (C=O) groups excluding carboxylic acids is 2. The van der Waals surface area contributed by atoms with E-state index in [1.807, 2.05) is 6.92 Å². The van der Waals surface area contributed by atoms with Crippen molar-refractivity contribution >= 4 is 17.8 Å². The van der Waals surface area contributed by atoms with Gasteiger partial charge in [-0.05, 0) is 31.5 Å². The second kappa shape index (κ2) is 7.35. The Hall–Kier alpha value is -2.96. The SMILES string of the molecule is CCNC(=O)[C@@H](C)NC(=O)c1ccc(-c2cnc(N)nc2)cc1. The second-order valence-electron chi connectivity index (χ2n) is 5.00. The van der Waals surface area contributed by atoms with Crippen molar-refractivity contribution in [1.29, 1.82) is 0 Å². The molecular formula is C16H19N5O2. The largest absolute Gasteiger partial charge is 0.368 e. The summed E-state index contributed by atoms with van der Waals surface area (Å²) in [5, 5.41) is 5.31. The molecule has 0 fully saturated rings. The molecule has 23 heavy (non-hydrogen) atoms. The third-order valence-corrected chi connectivity index (χ3v) is 3.24. The van der Waals surface area contributed by atoms with Gasteiger partial charge in [-0.1, -0.05) is 12.1 Å². The predicted molar refractivity (Wildman–Crippen MR) is 87.5 cm³/mol. The van der Waals surface area contributed by atoms with Crippen molar-refractivity contribution in [2.45, 2.75) is 19.9 Å². The molecule has 0 aliphatic carbocycles. The van der Waals surface area contributed by atoms with Gasteiger partial charge in [-0.25, -0.2) is 9.97 Å². The second-order valence-corrected chi connectivity index (χ2v) is 5.00. The van der Waals surface area contributed by atoms with Crippen molar-refractivity contribution in [2.24, 2.45) is 0 Å². The van der Waals surface area contributed by atoms with Gasteiger partial charge in [0.1, 0.15) is 6.04 Å². The summed E-state index contributed by atoms with van der Waals surface area (Å²) in [6.07, 6.45) is 3.24. The average Bonchev–Trinajstić information content (AvgIpc) is 2.56. The maximum atomic E-state index is 12.1. The molecule has 0 bridgehead atoms. The maximum absolute atomic E-state index is 12.1. The fourth-order valence-electron chi connectivity index (χ4n) is 1.97. The number of carbonyl (C=O) groups is 2. The molecule has 0 spiro atoms. The summed E-state index contributed by atoms with van der Waals surface area (Å²) in [6, 6.07) is 6.37. The van der Waals surface area contributed by atoms with Crippen molar-refractivity contribution < 1.29 is 9.59 Å². The number of nitrogens with one attached hydrogen (secondary N) is 2. The van der Waals surface area contributed by atoms with Gasteiger partial charge in [0.2, 0.25) is 11.9 Å². The van der Waals surface area contributed by atoms with Crippen LogP contribution in [0.3, 0.4) is 0 Å². The molecule has 7 heteroatoms. The molecule has 1 heterocycles. The van der Waals surface area contributed by atoms with Crippen LogP contribution in [0.25, 0.3) is 11.1 Å². The number of amides is 2. The fourth-order valence-corrected chi connectivity index (χ4v) is 1.97. The first-order chi connectivity index (χ1) is 11.0. The van der Waals surface area contributed by atoms with Crippen LogP contribution in [0.2, 0.25) is 0 Å². The first-order valence-electron chi connectivity index (χ1n) is 7.27. The first-order valence-corrected chi connectivity index (χ1v) is 7.27. The predicted octanol–water partition coefficient (Wildman–Crippen LogP) is 0.980. The van der Waals surface area contributed by atoms with Crippen LogP contribution in [-0.4, -0.2) is 34.4 Å². The van der Waals surface area contributed by atoms with Crippen molar-refractivity contribution in [3.8, 4) is 11.1 Å². The number of likely N-dealkylation sites (N-methyl/N-ethyl adjacent to an activating group) is 1. The van der Waals surface area contributed by atoms with E-state index in [2.05, 4.69) is 20.6 Å². The topological polar surface area (TPSA) is 110 Å². The van der Waals surface area contributed by atoms with E-state index in [0.717, 1.165) is 11.1 Å². The van der Waals surface area contributed by atoms with Crippen LogP contribution in [0, 0.1) is 0 Å². The third-order valence-electron chi connectivity index (χ3n) is 3.24. The normalized spacial score (nSPS) is 11.6. The van der Waals surface area contributed by atoms with Gasteiger partial charge in [-0.2, -0.15) is 0 Å². The Morgan fingerprint density at radius 1 is 1.13 bits per heavy atom. The Morgan fingerprint density at radius 3 is 2.30 bits per heavy atom. The summed E-state index contributed by atoms with van der Waals surface area (Å²) in [5.41, 5.74) is 7.61. The lowest BCUT2D eigenvalue weighted by atomic mass is 10.1. The molecule has 1 aromatic heterocycles. The highest BCUT2D eigenvalue weighted by atomic mass is 16.2. The van der Waals surface area contributed by atoms with Crippen molar-refractivity contribution in [1.82, 2.24) is 20.6 Å². The van der Waals surface area contributed by atoms with Gasteiger partial charge in [0, 0.05) is 30.1 Å². The number of hydrogen-bond donors (Lipinski definition) is 3. The Morgan fingerprint density at radius 2 is 1.74 bits per heavy atom. The first kappa shape index (κ1) is 16.4. The molecule has 0 aliphatic rings. The summed E-state index contributed by atoms with van der Waals surface area (Å²) < 4.78 is 0. The van der Waals surface area contributed by atoms with E-state index in [9.17, 15) is 9.59 Å². The zero-order valence-electron chi connectivity index (χ0n) is 13.0. The highest BCUT2D eigenvalue weighted by Gasteiger charge is 2.15. The van der Waals surface area contributed by atoms with Crippen molar-refractivity contribution in [3.63, 3.8) is 0 Å². The zero-order valence-corrected chi connectivity index (χ0v) is 13.0. The van der Waals surface area contributed by atoms with Gasteiger partial charge >= 0.3 is 0 Å². The number of nitrogens with zero attached hydrogens (tertiary/aromatic N) is 2. The molecule has 0 radical (unpaired) electrons.